The van der Waals surface area contributed by atoms with Crippen molar-refractivity contribution in [3.05, 3.63) is 101 Å². The van der Waals surface area contributed by atoms with Crippen LogP contribution in [0.4, 0.5) is 11.4 Å². The van der Waals surface area contributed by atoms with Gasteiger partial charge in [0.25, 0.3) is 5.91 Å². The van der Waals surface area contributed by atoms with Gasteiger partial charge in [0.05, 0.1) is 5.75 Å². The summed E-state index contributed by atoms with van der Waals surface area (Å²) < 4.78 is 11.2. The number of anilines is 2. The lowest BCUT2D eigenvalue weighted by Crippen LogP contribution is -2.41. The molecule has 1 aliphatic heterocycles. The second-order valence-corrected chi connectivity index (χ2v) is 11.6. The van der Waals surface area contributed by atoms with E-state index in [-0.39, 0.29) is 30.9 Å². The van der Waals surface area contributed by atoms with Crippen molar-refractivity contribution >= 4 is 35.0 Å². The molecule has 1 aromatic heterocycles. The third-order valence-electron chi connectivity index (χ3n) is 7.00. The summed E-state index contributed by atoms with van der Waals surface area (Å²) in [6.07, 6.45) is 0. The maximum Gasteiger partial charge on any atom is 0.251 e. The highest BCUT2D eigenvalue weighted by Crippen LogP contribution is 2.37. The number of nitrogens with zero attached hydrogens (tertiary/aromatic N) is 4. The van der Waals surface area contributed by atoms with Gasteiger partial charge in [-0.15, -0.1) is 0 Å². The highest BCUT2D eigenvalue weighted by atomic mass is 32.2. The van der Waals surface area contributed by atoms with E-state index in [1.54, 1.807) is 17.0 Å². The topological polar surface area (TPSA) is 96.9 Å². The van der Waals surface area contributed by atoms with Crippen molar-refractivity contribution in [2.45, 2.75) is 38.5 Å². The molecule has 43 heavy (non-hydrogen) atoms. The molecule has 1 aliphatic rings. The van der Waals surface area contributed by atoms with Gasteiger partial charge in [0.2, 0.25) is 12.7 Å². The van der Waals surface area contributed by atoms with Gasteiger partial charge in [-0.25, -0.2) is 9.97 Å². The molecule has 10 heteroatoms. The Balaban J connectivity index is 1.51. The maximum absolute atomic E-state index is 14.2. The Labute approximate surface area is 256 Å². The first-order valence-corrected chi connectivity index (χ1v) is 14.9. The minimum Gasteiger partial charge on any atom is -0.454 e. The van der Waals surface area contributed by atoms with Crippen molar-refractivity contribution < 1.29 is 19.1 Å². The van der Waals surface area contributed by atoms with E-state index in [1.807, 2.05) is 100 Å². The molecule has 0 aliphatic carbocycles. The van der Waals surface area contributed by atoms with Crippen molar-refractivity contribution in [1.82, 2.24) is 14.9 Å². The fourth-order valence-corrected chi connectivity index (χ4v) is 5.63. The number of aromatic nitrogens is 2. The fraction of sp³-hybridized carbons (Fsp3) is 0.273. The van der Waals surface area contributed by atoms with Gasteiger partial charge in [0, 0.05) is 43.4 Å². The molecule has 1 N–H and O–H groups in total. The molecular weight excluding hydrogens is 562 g/mol. The first kappa shape index (κ1) is 29.9. The zero-order valence-electron chi connectivity index (χ0n) is 25.0. The number of aryl methyl sites for hydroxylation is 3. The Morgan fingerprint density at radius 1 is 0.884 bits per heavy atom. The van der Waals surface area contributed by atoms with Crippen LogP contribution in [0.25, 0.3) is 0 Å². The van der Waals surface area contributed by atoms with Crippen LogP contribution in [0, 0.1) is 20.8 Å². The number of rotatable bonds is 10. The summed E-state index contributed by atoms with van der Waals surface area (Å²) in [6.45, 7) is 6.13. The van der Waals surface area contributed by atoms with Crippen LogP contribution in [0.15, 0.2) is 78.0 Å². The van der Waals surface area contributed by atoms with E-state index in [9.17, 15) is 9.59 Å². The van der Waals surface area contributed by atoms with Gasteiger partial charge in [-0.3, -0.25) is 9.59 Å². The van der Waals surface area contributed by atoms with Crippen molar-refractivity contribution in [2.24, 2.45) is 0 Å². The normalized spacial score (nSPS) is 12.5. The second-order valence-electron chi connectivity index (χ2n) is 10.7. The van der Waals surface area contributed by atoms with Gasteiger partial charge in [0.1, 0.15) is 6.04 Å². The van der Waals surface area contributed by atoms with E-state index in [0.717, 1.165) is 28.2 Å². The average Bonchev–Trinajstić information content (AvgIpc) is 3.45. The van der Waals surface area contributed by atoms with Gasteiger partial charge < -0.3 is 24.6 Å². The molecule has 3 aromatic carbocycles. The van der Waals surface area contributed by atoms with E-state index < -0.39 is 6.04 Å². The Kier molecular flexibility index (Phi) is 9.16. The Morgan fingerprint density at radius 2 is 1.56 bits per heavy atom. The largest absolute Gasteiger partial charge is 0.454 e. The van der Waals surface area contributed by atoms with Crippen LogP contribution >= 0.6 is 11.8 Å². The van der Waals surface area contributed by atoms with Crippen LogP contribution in [-0.2, 0) is 16.1 Å². The lowest BCUT2D eigenvalue weighted by atomic mass is 10.0. The Bertz CT molecular complexity index is 1590. The zero-order chi connectivity index (χ0) is 30.5. The smallest absolute Gasteiger partial charge is 0.251 e. The minimum atomic E-state index is -0.961. The number of amides is 2. The van der Waals surface area contributed by atoms with E-state index in [0.29, 0.717) is 27.9 Å². The first-order valence-electron chi connectivity index (χ1n) is 13.9. The standard InChI is InChI=1S/C33H35N5O4S/c1-21-6-8-24(9-7-21)18-38(30(39)19-43-33-34-22(2)16-23(3)35-33)31(25-10-15-28-29(17-25)42-20-41-28)32(40)36-26-11-13-27(14-12-26)37(4)5/h6-17,31H,18-20H2,1-5H3,(H,36,40)/t31-/m0/s1. The summed E-state index contributed by atoms with van der Waals surface area (Å²) in [7, 11) is 3.91. The Hall–Kier alpha value is -4.57. The second kappa shape index (κ2) is 13.2. The predicted molar refractivity (Wildman–Crippen MR) is 169 cm³/mol. The van der Waals surface area contributed by atoms with Crippen LogP contribution in [0.3, 0.4) is 0 Å². The first-order chi connectivity index (χ1) is 20.7. The lowest BCUT2D eigenvalue weighted by Gasteiger charge is -2.32. The van der Waals surface area contributed by atoms with Gasteiger partial charge in [0.15, 0.2) is 16.7 Å². The number of fused-ring (bicyclic) bond motifs is 1. The van der Waals surface area contributed by atoms with Crippen LogP contribution in [0.5, 0.6) is 11.5 Å². The van der Waals surface area contributed by atoms with Crippen molar-refractivity contribution in [1.29, 1.82) is 0 Å². The highest BCUT2D eigenvalue weighted by Gasteiger charge is 2.33. The number of thioether (sulfide) groups is 1. The zero-order valence-corrected chi connectivity index (χ0v) is 25.8. The molecule has 222 valence electrons. The minimum absolute atomic E-state index is 0.0562. The monoisotopic (exact) mass is 597 g/mol. The van der Waals surface area contributed by atoms with Crippen LogP contribution in [-0.4, -0.2) is 53.3 Å². The summed E-state index contributed by atoms with van der Waals surface area (Å²) in [5.74, 6) is 0.617. The predicted octanol–water partition coefficient (Wildman–Crippen LogP) is 5.70. The molecule has 0 spiro atoms. The number of ether oxygens (including phenoxy) is 2. The van der Waals surface area contributed by atoms with E-state index in [4.69, 9.17) is 9.47 Å². The molecule has 5 rings (SSSR count). The summed E-state index contributed by atoms with van der Waals surface area (Å²) in [5.41, 5.74) is 5.92. The third-order valence-corrected chi connectivity index (χ3v) is 7.84. The summed E-state index contributed by atoms with van der Waals surface area (Å²) in [6, 6.07) is 21.8. The molecule has 0 bridgehead atoms. The third kappa shape index (κ3) is 7.45. The molecule has 0 fully saturated rings. The van der Waals surface area contributed by atoms with Crippen molar-refractivity contribution in [3.63, 3.8) is 0 Å². The highest BCUT2D eigenvalue weighted by molar-refractivity contribution is 7.99. The average molecular weight is 598 g/mol. The van der Waals surface area contributed by atoms with Crippen LogP contribution < -0.4 is 19.7 Å². The molecule has 0 unspecified atom stereocenters. The van der Waals surface area contributed by atoms with Gasteiger partial charge in [-0.1, -0.05) is 47.7 Å². The molecule has 9 nitrogen and oxygen atoms in total. The lowest BCUT2D eigenvalue weighted by molar-refractivity contribution is -0.137. The number of benzene rings is 3. The molecular formula is C33H35N5O4S. The fourth-order valence-electron chi connectivity index (χ4n) is 4.79. The summed E-state index contributed by atoms with van der Waals surface area (Å²) >= 11 is 1.26. The van der Waals surface area contributed by atoms with E-state index >= 15 is 0 Å². The molecule has 2 amide bonds. The summed E-state index contributed by atoms with van der Waals surface area (Å²) in [4.78, 5) is 40.8. The van der Waals surface area contributed by atoms with Gasteiger partial charge in [-0.05, 0) is 74.4 Å². The molecule has 0 radical (unpaired) electrons. The molecule has 1 atom stereocenters. The summed E-state index contributed by atoms with van der Waals surface area (Å²) in [5, 5.41) is 3.56. The number of carbonyl (C=O) groups is 2. The molecule has 2 heterocycles. The quantitative estimate of drug-likeness (QED) is 0.184. The van der Waals surface area contributed by atoms with E-state index in [1.165, 1.54) is 11.8 Å². The molecule has 0 saturated carbocycles. The molecule has 0 saturated heterocycles. The Morgan fingerprint density at radius 3 is 2.23 bits per heavy atom. The number of hydrogen-bond donors (Lipinski definition) is 1. The van der Waals surface area contributed by atoms with Gasteiger partial charge in [-0.2, -0.15) is 0 Å². The maximum atomic E-state index is 14.2. The number of nitrogens with one attached hydrogen (secondary N) is 1. The van der Waals surface area contributed by atoms with Crippen molar-refractivity contribution in [2.75, 3.05) is 36.9 Å². The van der Waals surface area contributed by atoms with E-state index in [2.05, 4.69) is 15.3 Å². The number of carbonyl (C=O) groups excluding carboxylic acids is 2. The van der Waals surface area contributed by atoms with Gasteiger partial charge >= 0.3 is 0 Å². The van der Waals surface area contributed by atoms with Crippen LogP contribution in [0.2, 0.25) is 0 Å². The van der Waals surface area contributed by atoms with Crippen molar-refractivity contribution in [3.8, 4) is 11.5 Å². The SMILES string of the molecule is Cc1ccc(CN(C(=O)CSc2nc(C)cc(C)n2)[C@H](C(=O)Nc2ccc(N(C)C)cc2)c2ccc3c(c2)OCO3)cc1. The molecule has 4 aromatic rings. The van der Waals surface area contributed by atoms with Crippen LogP contribution in [0.1, 0.15) is 34.1 Å². The number of hydrogen-bond acceptors (Lipinski definition) is 8.